The van der Waals surface area contributed by atoms with Crippen LogP contribution in [0.2, 0.25) is 0 Å². The van der Waals surface area contributed by atoms with Crippen molar-refractivity contribution in [3.05, 3.63) is 35.9 Å². The van der Waals surface area contributed by atoms with Gasteiger partial charge >= 0.3 is 90.9 Å². The molecule has 0 unspecified atom stereocenters. The molecule has 4 heteroatoms. The van der Waals surface area contributed by atoms with Crippen LogP contribution in [0.15, 0.2) is 30.3 Å². The quantitative estimate of drug-likeness (QED) is 0.658. The molecule has 0 saturated heterocycles. The predicted molar refractivity (Wildman–Crippen MR) is 62.7 cm³/mol. The van der Waals surface area contributed by atoms with E-state index in [1.165, 1.54) is 5.56 Å². The maximum atomic E-state index is 3.64. The van der Waals surface area contributed by atoms with Crippen LogP contribution in [0.3, 0.4) is 0 Å². The minimum atomic E-state index is -1.92. The summed E-state index contributed by atoms with van der Waals surface area (Å²) in [6.07, 6.45) is 0. The summed E-state index contributed by atoms with van der Waals surface area (Å²) in [6.45, 7) is 0. The summed E-state index contributed by atoms with van der Waals surface area (Å²) < 4.78 is 0. The van der Waals surface area contributed by atoms with Crippen molar-refractivity contribution in [3.63, 3.8) is 0 Å². The first-order valence-corrected chi connectivity index (χ1v) is 19.4. The van der Waals surface area contributed by atoms with Crippen LogP contribution in [0.4, 0.5) is 0 Å². The van der Waals surface area contributed by atoms with Gasteiger partial charge in [-0.3, -0.25) is 0 Å². The molecule has 60 valence electrons. The molecule has 11 heavy (non-hydrogen) atoms. The summed E-state index contributed by atoms with van der Waals surface area (Å²) in [7, 11) is -1.92. The zero-order chi connectivity index (χ0) is 8.32. The summed E-state index contributed by atoms with van der Waals surface area (Å²) in [6, 6.07) is 10.5. The molecule has 0 radical (unpaired) electrons. The third-order valence-corrected chi connectivity index (χ3v) is 7.32. The van der Waals surface area contributed by atoms with Gasteiger partial charge in [0.25, 0.3) is 0 Å². The van der Waals surface area contributed by atoms with Crippen LogP contribution in [0, 0.1) is 0 Å². The van der Waals surface area contributed by atoms with Gasteiger partial charge in [0.2, 0.25) is 0 Å². The van der Waals surface area contributed by atoms with Gasteiger partial charge in [0, 0.05) is 0 Å². The van der Waals surface area contributed by atoms with Crippen LogP contribution >= 0.6 is 42.0 Å². The Kier molecular flexibility index (Phi) is 4.15. The standard InChI is InChI=1S/C7H7Br3Ge/c8-11(9,10)6-7-4-2-1-3-5-7/h1-5H,6H2. The molecular formula is C7H7Br3Ge. The minimum absolute atomic E-state index is 1.10. The average molecular weight is 403 g/mol. The van der Waals surface area contributed by atoms with Crippen molar-refractivity contribution in [3.8, 4) is 0 Å². The summed E-state index contributed by atoms with van der Waals surface area (Å²) in [5.41, 5.74) is 1.37. The Labute approximate surface area is 90.0 Å². The van der Waals surface area contributed by atoms with E-state index >= 15 is 0 Å². The molecule has 1 aromatic rings. The zero-order valence-electron chi connectivity index (χ0n) is 5.73. The molecule has 0 heterocycles. The van der Waals surface area contributed by atoms with E-state index in [0.29, 0.717) is 0 Å². The molecule has 0 fully saturated rings. The van der Waals surface area contributed by atoms with E-state index in [1.807, 2.05) is 6.07 Å². The molecule has 0 nitrogen and oxygen atoms in total. The second kappa shape index (κ2) is 4.44. The first-order valence-electron chi connectivity index (χ1n) is 3.18. The van der Waals surface area contributed by atoms with E-state index in [2.05, 4.69) is 66.3 Å². The van der Waals surface area contributed by atoms with Crippen LogP contribution in [0.1, 0.15) is 5.56 Å². The predicted octanol–water partition coefficient (Wildman–Crippen LogP) is 3.89. The Morgan fingerprint density at radius 3 is 2.00 bits per heavy atom. The topological polar surface area (TPSA) is 0 Å². The van der Waals surface area contributed by atoms with Crippen molar-refractivity contribution >= 4 is 49.8 Å². The Morgan fingerprint density at radius 2 is 1.55 bits per heavy atom. The Hall–Kier alpha value is 1.20. The molecule has 0 amide bonds. The second-order valence-electron chi connectivity index (χ2n) is 2.28. The summed E-state index contributed by atoms with van der Waals surface area (Å²) in [5.74, 6) is 0. The van der Waals surface area contributed by atoms with Crippen molar-refractivity contribution in [2.24, 2.45) is 0 Å². The normalized spacial score (nSPS) is 11.5. The van der Waals surface area contributed by atoms with Gasteiger partial charge in [-0.25, -0.2) is 0 Å². The van der Waals surface area contributed by atoms with Crippen LogP contribution in [-0.4, -0.2) is 7.74 Å². The number of hydrogen-bond donors (Lipinski definition) is 0. The fourth-order valence-corrected chi connectivity index (χ4v) is 7.34. The van der Waals surface area contributed by atoms with E-state index in [0.717, 1.165) is 5.25 Å². The fraction of sp³-hybridized carbons (Fsp3) is 0.143. The molecule has 0 aromatic heterocycles. The van der Waals surface area contributed by atoms with Crippen molar-refractivity contribution in [2.75, 3.05) is 0 Å². The second-order valence-corrected chi connectivity index (χ2v) is 43.3. The van der Waals surface area contributed by atoms with Gasteiger partial charge in [-0.15, -0.1) is 0 Å². The summed E-state index contributed by atoms with van der Waals surface area (Å²) in [4.78, 5) is 0. The third-order valence-electron chi connectivity index (χ3n) is 1.25. The molecule has 1 rings (SSSR count). The monoisotopic (exact) mass is 402 g/mol. The molecule has 0 saturated carbocycles. The van der Waals surface area contributed by atoms with Crippen molar-refractivity contribution in [1.82, 2.24) is 0 Å². The van der Waals surface area contributed by atoms with E-state index < -0.39 is 7.74 Å². The van der Waals surface area contributed by atoms with Crippen molar-refractivity contribution < 1.29 is 0 Å². The van der Waals surface area contributed by atoms with Crippen molar-refractivity contribution in [1.29, 1.82) is 0 Å². The van der Waals surface area contributed by atoms with Gasteiger partial charge in [0.05, 0.1) is 0 Å². The molecule has 0 aliphatic rings. The van der Waals surface area contributed by atoms with Gasteiger partial charge in [-0.2, -0.15) is 0 Å². The van der Waals surface area contributed by atoms with Crippen LogP contribution in [0.5, 0.6) is 0 Å². The Balaban J connectivity index is 2.66. The van der Waals surface area contributed by atoms with E-state index in [4.69, 9.17) is 0 Å². The summed E-state index contributed by atoms with van der Waals surface area (Å²) >= 11 is 10.9. The Morgan fingerprint density at radius 1 is 1.00 bits per heavy atom. The molecule has 0 aliphatic carbocycles. The fourth-order valence-electron chi connectivity index (χ4n) is 0.827. The third kappa shape index (κ3) is 4.70. The SMILES string of the molecule is [Br][Ge]([Br])([Br])[CH2]c1ccccc1. The van der Waals surface area contributed by atoms with E-state index in [-0.39, 0.29) is 0 Å². The molecule has 0 spiro atoms. The molecule has 0 N–H and O–H groups in total. The van der Waals surface area contributed by atoms with Crippen LogP contribution < -0.4 is 0 Å². The maximum absolute atomic E-state index is 3.64. The summed E-state index contributed by atoms with van der Waals surface area (Å²) in [5, 5.41) is 1.10. The average Bonchev–Trinajstić information content (AvgIpc) is 1.85. The van der Waals surface area contributed by atoms with E-state index in [9.17, 15) is 0 Å². The van der Waals surface area contributed by atoms with Gasteiger partial charge in [-0.1, -0.05) is 0 Å². The van der Waals surface area contributed by atoms with E-state index in [1.54, 1.807) is 0 Å². The van der Waals surface area contributed by atoms with Crippen LogP contribution in [-0.2, 0) is 5.25 Å². The van der Waals surface area contributed by atoms with Gasteiger partial charge in [0.15, 0.2) is 0 Å². The Bertz CT molecular complexity index is 217. The van der Waals surface area contributed by atoms with Crippen molar-refractivity contribution in [2.45, 2.75) is 5.25 Å². The van der Waals surface area contributed by atoms with Gasteiger partial charge < -0.3 is 0 Å². The number of rotatable bonds is 2. The molecule has 1 aromatic carbocycles. The number of hydrogen-bond acceptors (Lipinski definition) is 0. The number of benzene rings is 1. The zero-order valence-corrected chi connectivity index (χ0v) is 12.6. The first kappa shape index (κ1) is 10.3. The van der Waals surface area contributed by atoms with Gasteiger partial charge in [-0.05, 0) is 0 Å². The van der Waals surface area contributed by atoms with Gasteiger partial charge in [0.1, 0.15) is 0 Å². The molecule has 0 atom stereocenters. The molecule has 0 bridgehead atoms. The molecular weight excluding hydrogens is 396 g/mol. The molecule has 0 aliphatic heterocycles. The van der Waals surface area contributed by atoms with Crippen LogP contribution in [0.25, 0.3) is 0 Å². The number of halogens is 3. The first-order chi connectivity index (χ1) is 5.08.